The van der Waals surface area contributed by atoms with Gasteiger partial charge in [0.15, 0.2) is 0 Å². The molecule has 1 rings (SSSR count). The highest BCUT2D eigenvalue weighted by Gasteiger charge is 2.22. The van der Waals surface area contributed by atoms with E-state index < -0.39 is 0 Å². The second-order valence-electron chi connectivity index (χ2n) is 4.54. The van der Waals surface area contributed by atoms with Crippen LogP contribution in [0, 0.1) is 5.41 Å². The highest BCUT2D eigenvalue weighted by Crippen LogP contribution is 2.30. The first-order valence-corrected chi connectivity index (χ1v) is 5.97. The van der Waals surface area contributed by atoms with Crippen LogP contribution in [0.3, 0.4) is 0 Å². The van der Waals surface area contributed by atoms with Gasteiger partial charge in [-0.1, -0.05) is 32.4 Å². The second kappa shape index (κ2) is 5.41. The summed E-state index contributed by atoms with van der Waals surface area (Å²) >= 11 is 6.02. The zero-order valence-corrected chi connectivity index (χ0v) is 10.2. The van der Waals surface area contributed by atoms with Gasteiger partial charge in [-0.25, -0.2) is 0 Å². The topological polar surface area (TPSA) is 20.2 Å². The van der Waals surface area contributed by atoms with E-state index in [9.17, 15) is 5.11 Å². The van der Waals surface area contributed by atoms with E-state index in [2.05, 4.69) is 13.8 Å². The molecule has 0 aliphatic carbocycles. The van der Waals surface area contributed by atoms with Gasteiger partial charge < -0.3 is 5.11 Å². The van der Waals surface area contributed by atoms with Crippen LogP contribution in [0.5, 0.6) is 5.75 Å². The summed E-state index contributed by atoms with van der Waals surface area (Å²) in [4.78, 5) is 0. The number of alkyl halides is 1. The molecule has 0 bridgehead atoms. The summed E-state index contributed by atoms with van der Waals surface area (Å²) in [6.45, 7) is 4.40. The lowest BCUT2D eigenvalue weighted by molar-refractivity contribution is 0.335. The predicted octanol–water partition coefficient (Wildman–Crippen LogP) is 3.98. The minimum atomic E-state index is 0.174. The van der Waals surface area contributed by atoms with Crippen molar-refractivity contribution in [2.45, 2.75) is 33.1 Å². The highest BCUT2D eigenvalue weighted by molar-refractivity contribution is 6.18. The monoisotopic (exact) mass is 226 g/mol. The van der Waals surface area contributed by atoms with Gasteiger partial charge in [-0.05, 0) is 36.0 Å². The van der Waals surface area contributed by atoms with Crippen molar-refractivity contribution in [3.05, 3.63) is 29.8 Å². The number of hydrogen-bond acceptors (Lipinski definition) is 1. The van der Waals surface area contributed by atoms with Gasteiger partial charge in [0.2, 0.25) is 0 Å². The molecule has 1 aromatic carbocycles. The van der Waals surface area contributed by atoms with Crippen LogP contribution in [-0.4, -0.2) is 11.0 Å². The smallest absolute Gasteiger partial charge is 0.115 e. The van der Waals surface area contributed by atoms with Crippen LogP contribution in [0.2, 0.25) is 0 Å². The van der Waals surface area contributed by atoms with Crippen LogP contribution in [0.15, 0.2) is 24.3 Å². The molecule has 1 unspecified atom stereocenters. The maximum Gasteiger partial charge on any atom is 0.115 e. The molecule has 0 heterocycles. The van der Waals surface area contributed by atoms with E-state index in [0.29, 0.717) is 11.6 Å². The van der Waals surface area contributed by atoms with Crippen molar-refractivity contribution < 1.29 is 5.11 Å². The largest absolute Gasteiger partial charge is 0.508 e. The van der Waals surface area contributed by atoms with E-state index in [-0.39, 0.29) is 5.41 Å². The molecular formula is C13H19ClO. The van der Waals surface area contributed by atoms with Gasteiger partial charge in [-0.3, -0.25) is 0 Å². The lowest BCUT2D eigenvalue weighted by atomic mass is 9.81. The molecule has 15 heavy (non-hydrogen) atoms. The molecule has 1 atom stereocenters. The SMILES string of the molecule is CCCC(C)(CCl)Cc1ccc(O)cc1. The third-order valence-electron chi connectivity index (χ3n) is 2.74. The van der Waals surface area contributed by atoms with Gasteiger partial charge in [0, 0.05) is 5.88 Å². The van der Waals surface area contributed by atoms with Crippen LogP contribution in [0.4, 0.5) is 0 Å². The zero-order chi connectivity index (χ0) is 11.3. The van der Waals surface area contributed by atoms with Gasteiger partial charge in [0.25, 0.3) is 0 Å². The average Bonchev–Trinajstić information content (AvgIpc) is 2.22. The summed E-state index contributed by atoms with van der Waals surface area (Å²) in [6, 6.07) is 7.40. The molecule has 0 fully saturated rings. The molecule has 1 aromatic rings. The number of rotatable bonds is 5. The first kappa shape index (κ1) is 12.4. The van der Waals surface area contributed by atoms with Crippen molar-refractivity contribution in [3.63, 3.8) is 0 Å². The van der Waals surface area contributed by atoms with E-state index in [0.717, 1.165) is 19.3 Å². The Morgan fingerprint density at radius 1 is 1.27 bits per heavy atom. The normalized spacial score (nSPS) is 14.9. The van der Waals surface area contributed by atoms with Crippen molar-refractivity contribution >= 4 is 11.6 Å². The van der Waals surface area contributed by atoms with Gasteiger partial charge in [0.05, 0.1) is 0 Å². The number of hydrogen-bond donors (Lipinski definition) is 1. The van der Waals surface area contributed by atoms with Crippen LogP contribution < -0.4 is 0 Å². The molecule has 0 aromatic heterocycles. The number of benzene rings is 1. The third kappa shape index (κ3) is 3.75. The van der Waals surface area contributed by atoms with Crippen molar-refractivity contribution in [3.8, 4) is 5.75 Å². The lowest BCUT2D eigenvalue weighted by Gasteiger charge is -2.26. The van der Waals surface area contributed by atoms with Gasteiger partial charge >= 0.3 is 0 Å². The first-order chi connectivity index (χ1) is 7.09. The molecule has 0 saturated carbocycles. The quantitative estimate of drug-likeness (QED) is 0.753. The number of phenols is 1. The van der Waals surface area contributed by atoms with Crippen LogP contribution in [0.1, 0.15) is 32.3 Å². The maximum atomic E-state index is 9.19. The average molecular weight is 227 g/mol. The van der Waals surface area contributed by atoms with Crippen molar-refractivity contribution in [1.29, 1.82) is 0 Å². The number of phenolic OH excluding ortho intramolecular Hbond substituents is 1. The molecule has 0 saturated heterocycles. The van der Waals surface area contributed by atoms with Crippen molar-refractivity contribution in [1.82, 2.24) is 0 Å². The Bertz CT molecular complexity index is 294. The standard InChI is InChI=1S/C13H19ClO/c1-3-8-13(2,10-14)9-11-4-6-12(15)7-5-11/h4-7,15H,3,8-10H2,1-2H3. The van der Waals surface area contributed by atoms with E-state index in [1.54, 1.807) is 12.1 Å². The Labute approximate surface area is 97.1 Å². The fourth-order valence-corrected chi connectivity index (χ4v) is 2.14. The van der Waals surface area contributed by atoms with E-state index in [1.165, 1.54) is 5.56 Å². The molecular weight excluding hydrogens is 208 g/mol. The highest BCUT2D eigenvalue weighted by atomic mass is 35.5. The third-order valence-corrected chi connectivity index (χ3v) is 3.39. The van der Waals surface area contributed by atoms with Crippen molar-refractivity contribution in [2.24, 2.45) is 5.41 Å². The molecule has 84 valence electrons. The van der Waals surface area contributed by atoms with Crippen LogP contribution in [0.25, 0.3) is 0 Å². The Hall–Kier alpha value is -0.690. The second-order valence-corrected chi connectivity index (χ2v) is 4.80. The van der Waals surface area contributed by atoms with Crippen molar-refractivity contribution in [2.75, 3.05) is 5.88 Å². The summed E-state index contributed by atoms with van der Waals surface area (Å²) in [5.74, 6) is 1.00. The van der Waals surface area contributed by atoms with E-state index in [1.807, 2.05) is 12.1 Å². The molecule has 1 N–H and O–H groups in total. The summed E-state index contributed by atoms with van der Waals surface area (Å²) in [6.07, 6.45) is 3.27. The zero-order valence-electron chi connectivity index (χ0n) is 9.46. The van der Waals surface area contributed by atoms with Gasteiger partial charge in [-0.2, -0.15) is 0 Å². The number of aromatic hydroxyl groups is 1. The molecule has 2 heteroatoms. The van der Waals surface area contributed by atoms with Gasteiger partial charge in [0.1, 0.15) is 5.75 Å². The molecule has 0 spiro atoms. The maximum absolute atomic E-state index is 9.19. The fraction of sp³-hybridized carbons (Fsp3) is 0.538. The number of halogens is 1. The Morgan fingerprint density at radius 3 is 2.33 bits per heavy atom. The Balaban J connectivity index is 2.70. The lowest BCUT2D eigenvalue weighted by Crippen LogP contribution is -2.21. The summed E-state index contributed by atoms with van der Waals surface area (Å²) in [5.41, 5.74) is 1.41. The molecule has 0 aliphatic rings. The summed E-state index contributed by atoms with van der Waals surface area (Å²) in [7, 11) is 0. The Morgan fingerprint density at radius 2 is 1.87 bits per heavy atom. The van der Waals surface area contributed by atoms with E-state index >= 15 is 0 Å². The predicted molar refractivity (Wildman–Crippen MR) is 65.5 cm³/mol. The molecule has 0 aliphatic heterocycles. The van der Waals surface area contributed by atoms with E-state index in [4.69, 9.17) is 11.6 Å². The van der Waals surface area contributed by atoms with Crippen LogP contribution in [-0.2, 0) is 6.42 Å². The first-order valence-electron chi connectivity index (χ1n) is 5.43. The summed E-state index contributed by atoms with van der Waals surface area (Å²) in [5, 5.41) is 9.19. The Kier molecular flexibility index (Phi) is 4.46. The molecule has 1 nitrogen and oxygen atoms in total. The van der Waals surface area contributed by atoms with Gasteiger partial charge in [-0.15, -0.1) is 11.6 Å². The molecule has 0 radical (unpaired) electrons. The minimum Gasteiger partial charge on any atom is -0.508 e. The van der Waals surface area contributed by atoms with Crippen LogP contribution >= 0.6 is 11.6 Å². The molecule has 0 amide bonds. The fourth-order valence-electron chi connectivity index (χ4n) is 1.91. The minimum absolute atomic E-state index is 0.174. The summed E-state index contributed by atoms with van der Waals surface area (Å²) < 4.78 is 0.